The minimum Gasteiger partial charge on any atom is -0.342 e. The molecule has 2 atom stereocenters. The van der Waals surface area contributed by atoms with Crippen molar-refractivity contribution in [3.63, 3.8) is 0 Å². The number of carbonyl (C=O) groups excluding carboxylic acids is 3. The van der Waals surface area contributed by atoms with Crippen molar-refractivity contribution in [1.29, 1.82) is 0 Å². The third kappa shape index (κ3) is 4.26. The van der Waals surface area contributed by atoms with Crippen molar-refractivity contribution in [2.24, 2.45) is 5.92 Å². The van der Waals surface area contributed by atoms with E-state index >= 15 is 0 Å². The van der Waals surface area contributed by atoms with Crippen LogP contribution >= 0.6 is 0 Å². The number of nitrogens with one attached hydrogen (secondary N) is 1. The summed E-state index contributed by atoms with van der Waals surface area (Å²) < 4.78 is 0. The summed E-state index contributed by atoms with van der Waals surface area (Å²) in [5.41, 5.74) is -0.0490. The first-order chi connectivity index (χ1) is 16.9. The van der Waals surface area contributed by atoms with Gasteiger partial charge in [-0.15, -0.1) is 0 Å². The zero-order valence-corrected chi connectivity index (χ0v) is 21.3. The molecule has 3 heterocycles. The molecule has 0 radical (unpaired) electrons. The second kappa shape index (κ2) is 9.57. The summed E-state index contributed by atoms with van der Waals surface area (Å²) >= 11 is 0. The van der Waals surface area contributed by atoms with Crippen molar-refractivity contribution in [2.75, 3.05) is 33.2 Å². The summed E-state index contributed by atoms with van der Waals surface area (Å²) in [6.07, 6.45) is 7.98. The van der Waals surface area contributed by atoms with E-state index in [0.29, 0.717) is 32.1 Å². The summed E-state index contributed by atoms with van der Waals surface area (Å²) in [5, 5.41) is 3.16. The summed E-state index contributed by atoms with van der Waals surface area (Å²) in [6.45, 7) is 4.96. The van der Waals surface area contributed by atoms with Gasteiger partial charge in [0.25, 0.3) is 5.91 Å². The number of benzene rings is 1. The number of hydrogen-bond donors (Lipinski definition) is 1. The monoisotopic (exact) mass is 480 g/mol. The van der Waals surface area contributed by atoms with Gasteiger partial charge in [-0.25, -0.2) is 4.79 Å². The number of imide groups is 1. The van der Waals surface area contributed by atoms with Gasteiger partial charge in [0, 0.05) is 25.7 Å². The van der Waals surface area contributed by atoms with Gasteiger partial charge in [-0.05, 0) is 76.4 Å². The van der Waals surface area contributed by atoms with Gasteiger partial charge in [0.1, 0.15) is 5.54 Å². The third-order valence-electron chi connectivity index (χ3n) is 9.17. The predicted molar refractivity (Wildman–Crippen MR) is 135 cm³/mol. The van der Waals surface area contributed by atoms with Crippen molar-refractivity contribution in [3.05, 3.63) is 35.9 Å². The van der Waals surface area contributed by atoms with E-state index in [1.54, 1.807) is 0 Å². The maximum absolute atomic E-state index is 13.7. The Bertz CT molecular complexity index is 954. The first-order valence-corrected chi connectivity index (χ1v) is 13.6. The number of hydrogen-bond acceptors (Lipinski definition) is 4. The Morgan fingerprint density at radius 3 is 2.37 bits per heavy atom. The number of urea groups is 1. The second-order valence-electron chi connectivity index (χ2n) is 11.2. The Labute approximate surface area is 209 Å². The van der Waals surface area contributed by atoms with E-state index < -0.39 is 5.54 Å². The Hall–Kier alpha value is -2.41. The number of carbonyl (C=O) groups is 3. The van der Waals surface area contributed by atoms with E-state index in [0.717, 1.165) is 57.1 Å². The van der Waals surface area contributed by atoms with E-state index in [2.05, 4.69) is 36.3 Å². The van der Waals surface area contributed by atoms with Crippen molar-refractivity contribution in [1.82, 2.24) is 20.0 Å². The molecule has 0 spiro atoms. The highest BCUT2D eigenvalue weighted by Gasteiger charge is 2.57. The molecule has 1 N–H and O–H groups in total. The van der Waals surface area contributed by atoms with E-state index in [1.807, 2.05) is 23.1 Å². The van der Waals surface area contributed by atoms with Crippen molar-refractivity contribution >= 4 is 17.8 Å². The molecular formula is C28H40N4O3. The average molecular weight is 481 g/mol. The Balaban J connectivity index is 1.24. The summed E-state index contributed by atoms with van der Waals surface area (Å²) in [7, 11) is 2.13. The lowest BCUT2D eigenvalue weighted by atomic mass is 9.74. The minimum atomic E-state index is -0.820. The molecule has 0 aromatic heterocycles. The zero-order chi connectivity index (χ0) is 24.6. The van der Waals surface area contributed by atoms with Crippen LogP contribution in [0.2, 0.25) is 0 Å². The van der Waals surface area contributed by atoms with E-state index in [1.165, 1.54) is 11.3 Å². The molecule has 1 saturated carbocycles. The van der Waals surface area contributed by atoms with Crippen LogP contribution in [0.25, 0.3) is 0 Å². The highest BCUT2D eigenvalue weighted by molar-refractivity contribution is 6.07. The first kappa shape index (κ1) is 24.3. The molecule has 7 heteroatoms. The second-order valence-corrected chi connectivity index (χ2v) is 11.2. The molecule has 4 fully saturated rings. The highest BCUT2D eigenvalue weighted by Crippen LogP contribution is 2.50. The number of likely N-dealkylation sites (tertiary alicyclic amines) is 2. The van der Waals surface area contributed by atoms with E-state index in [-0.39, 0.29) is 29.2 Å². The van der Waals surface area contributed by atoms with Crippen LogP contribution in [0, 0.1) is 5.92 Å². The lowest BCUT2D eigenvalue weighted by molar-refractivity contribution is -0.137. The van der Waals surface area contributed by atoms with Crippen LogP contribution in [0.3, 0.4) is 0 Å². The average Bonchev–Trinajstić information content (AvgIpc) is 3.53. The third-order valence-corrected chi connectivity index (χ3v) is 9.17. The maximum Gasteiger partial charge on any atom is 0.325 e. The van der Waals surface area contributed by atoms with E-state index in [9.17, 15) is 14.4 Å². The van der Waals surface area contributed by atoms with Gasteiger partial charge in [-0.3, -0.25) is 14.5 Å². The van der Waals surface area contributed by atoms with Gasteiger partial charge in [-0.2, -0.15) is 0 Å². The Morgan fingerprint density at radius 1 is 1.06 bits per heavy atom. The van der Waals surface area contributed by atoms with E-state index in [4.69, 9.17) is 0 Å². The molecule has 4 aliphatic rings. The molecule has 0 bridgehead atoms. The SMILES string of the molecule is CCC[C@]1(C2CCN(C(=O)C3(c4ccccc4)CC3)CC2)NC(=O)N(CC[C@@H]2CCCN2C)C1=O. The largest absolute Gasteiger partial charge is 0.342 e. The summed E-state index contributed by atoms with van der Waals surface area (Å²) in [6, 6.07) is 10.4. The topological polar surface area (TPSA) is 73.0 Å². The van der Waals surface area contributed by atoms with Gasteiger partial charge >= 0.3 is 6.03 Å². The highest BCUT2D eigenvalue weighted by atomic mass is 16.2. The van der Waals surface area contributed by atoms with Crippen molar-refractivity contribution in [3.8, 4) is 0 Å². The molecule has 1 aromatic carbocycles. The van der Waals surface area contributed by atoms with Gasteiger partial charge in [0.2, 0.25) is 5.91 Å². The van der Waals surface area contributed by atoms with Crippen LogP contribution in [-0.4, -0.2) is 77.4 Å². The summed E-state index contributed by atoms with van der Waals surface area (Å²) in [5.74, 6) is 0.252. The molecule has 7 nitrogen and oxygen atoms in total. The van der Waals surface area contributed by atoms with Crippen molar-refractivity contribution in [2.45, 2.75) is 81.7 Å². The van der Waals surface area contributed by atoms with Crippen LogP contribution in [0.1, 0.15) is 70.3 Å². The van der Waals surface area contributed by atoms with Crippen molar-refractivity contribution < 1.29 is 14.4 Å². The van der Waals surface area contributed by atoms with Gasteiger partial charge < -0.3 is 15.1 Å². The van der Waals surface area contributed by atoms with Gasteiger partial charge in [0.15, 0.2) is 0 Å². The number of nitrogens with zero attached hydrogens (tertiary/aromatic N) is 3. The molecule has 0 unspecified atom stereocenters. The molecule has 35 heavy (non-hydrogen) atoms. The number of amides is 4. The lowest BCUT2D eigenvalue weighted by Crippen LogP contribution is -2.57. The van der Waals surface area contributed by atoms with Gasteiger partial charge in [0.05, 0.1) is 5.41 Å². The molecule has 5 rings (SSSR count). The number of rotatable bonds is 8. The normalized spacial score (nSPS) is 29.0. The number of piperidine rings is 1. The smallest absolute Gasteiger partial charge is 0.325 e. The maximum atomic E-state index is 13.7. The van der Waals surface area contributed by atoms with Gasteiger partial charge in [-0.1, -0.05) is 43.7 Å². The molecule has 4 amide bonds. The standard InChI is InChI=1S/C28H40N4O3/c1-3-14-28(25(34)32(26(35)29-28)20-13-23-10-7-17-30(23)2)22-11-18-31(19-12-22)24(33)27(15-16-27)21-8-5-4-6-9-21/h4-6,8-9,22-23H,3,7,10-20H2,1-2H3,(H,29,35)/t23-,28+/m0/s1. The van der Waals surface area contributed by atoms with Crippen LogP contribution in [0.4, 0.5) is 4.79 Å². The summed E-state index contributed by atoms with van der Waals surface area (Å²) in [4.78, 5) is 46.0. The molecule has 190 valence electrons. The predicted octanol–water partition coefficient (Wildman–Crippen LogP) is 3.53. The molecule has 3 saturated heterocycles. The fraction of sp³-hybridized carbons (Fsp3) is 0.679. The zero-order valence-electron chi connectivity index (χ0n) is 21.3. The minimum absolute atomic E-state index is 0.0438. The van der Waals surface area contributed by atoms with Crippen LogP contribution < -0.4 is 5.32 Å². The molecular weight excluding hydrogens is 440 g/mol. The molecule has 3 aliphatic heterocycles. The fourth-order valence-electron chi connectivity index (χ4n) is 6.90. The van der Waals surface area contributed by atoms with Crippen LogP contribution in [-0.2, 0) is 15.0 Å². The Kier molecular flexibility index (Phi) is 6.64. The quantitative estimate of drug-likeness (QED) is 0.578. The Morgan fingerprint density at radius 2 is 1.77 bits per heavy atom. The van der Waals surface area contributed by atoms with Crippen LogP contribution in [0.5, 0.6) is 0 Å². The first-order valence-electron chi connectivity index (χ1n) is 13.6. The lowest BCUT2D eigenvalue weighted by Gasteiger charge is -2.41. The molecule has 1 aliphatic carbocycles. The van der Waals surface area contributed by atoms with Crippen LogP contribution in [0.15, 0.2) is 30.3 Å². The fourth-order valence-corrected chi connectivity index (χ4v) is 6.90. The molecule has 1 aromatic rings.